The van der Waals surface area contributed by atoms with Crippen LogP contribution in [0.4, 0.5) is 0 Å². The van der Waals surface area contributed by atoms with E-state index >= 15 is 0 Å². The summed E-state index contributed by atoms with van der Waals surface area (Å²) < 4.78 is 0. The van der Waals surface area contributed by atoms with Gasteiger partial charge in [-0.25, -0.2) is 0 Å². The van der Waals surface area contributed by atoms with E-state index in [0.717, 1.165) is 5.57 Å². The first kappa shape index (κ1) is 7.95. The number of carbonyl (C=O) groups is 1. The van der Waals surface area contributed by atoms with Gasteiger partial charge in [-0.2, -0.15) is 0 Å². The van der Waals surface area contributed by atoms with Crippen molar-refractivity contribution >= 4 is 5.91 Å². The third kappa shape index (κ3) is 4.81. The van der Waals surface area contributed by atoms with E-state index in [1.807, 2.05) is 0 Å². The highest BCUT2D eigenvalue weighted by molar-refractivity contribution is 5.74. The topological polar surface area (TPSA) is 43.1 Å². The van der Waals surface area contributed by atoms with Crippen LogP contribution in [0.2, 0.25) is 0 Å². The molecule has 0 radical (unpaired) electrons. The van der Waals surface area contributed by atoms with E-state index in [1.165, 1.54) is 0 Å². The standard InChI is InChI=1S/C7H11NO/c1-3-6(2)4-5-7(8)9/h3H,1-2,4-5H2,(H2,8,9). The van der Waals surface area contributed by atoms with Crippen LogP contribution in [0.15, 0.2) is 24.8 Å². The van der Waals surface area contributed by atoms with Crippen LogP contribution < -0.4 is 5.73 Å². The van der Waals surface area contributed by atoms with Crippen molar-refractivity contribution in [2.45, 2.75) is 12.8 Å². The first-order valence-corrected chi connectivity index (χ1v) is 2.75. The maximum absolute atomic E-state index is 10.2. The Labute approximate surface area is 55.1 Å². The molecule has 0 saturated heterocycles. The van der Waals surface area contributed by atoms with Crippen LogP contribution in [-0.2, 0) is 4.79 Å². The Bertz CT molecular complexity index is 138. The monoisotopic (exact) mass is 125 g/mol. The van der Waals surface area contributed by atoms with Crippen LogP contribution in [0.5, 0.6) is 0 Å². The second kappa shape index (κ2) is 3.89. The molecule has 0 bridgehead atoms. The highest BCUT2D eigenvalue weighted by Gasteiger charge is 1.93. The molecule has 0 heterocycles. The number of nitrogens with two attached hydrogens (primary N) is 1. The summed E-state index contributed by atoms with van der Waals surface area (Å²) in [7, 11) is 0. The summed E-state index contributed by atoms with van der Waals surface area (Å²) >= 11 is 0. The van der Waals surface area contributed by atoms with E-state index in [9.17, 15) is 4.79 Å². The maximum Gasteiger partial charge on any atom is 0.217 e. The lowest BCUT2D eigenvalue weighted by Gasteiger charge is -1.93. The molecule has 0 unspecified atom stereocenters. The molecule has 2 nitrogen and oxygen atoms in total. The van der Waals surface area contributed by atoms with Gasteiger partial charge in [0, 0.05) is 6.42 Å². The average molecular weight is 125 g/mol. The minimum absolute atomic E-state index is 0.294. The Hall–Kier alpha value is -1.05. The zero-order valence-corrected chi connectivity index (χ0v) is 5.39. The van der Waals surface area contributed by atoms with Crippen molar-refractivity contribution < 1.29 is 4.79 Å². The Morgan fingerprint density at radius 2 is 2.11 bits per heavy atom. The molecule has 0 fully saturated rings. The normalized spacial score (nSPS) is 8.44. The minimum Gasteiger partial charge on any atom is -0.370 e. The molecule has 0 rings (SSSR count). The molecular formula is C7H11NO. The summed E-state index contributed by atoms with van der Waals surface area (Å²) in [5.41, 5.74) is 5.74. The van der Waals surface area contributed by atoms with Crippen LogP contribution in [-0.4, -0.2) is 5.91 Å². The third-order valence-electron chi connectivity index (χ3n) is 0.981. The van der Waals surface area contributed by atoms with Gasteiger partial charge in [-0.1, -0.05) is 24.8 Å². The maximum atomic E-state index is 10.2. The average Bonchev–Trinajstić information content (AvgIpc) is 1.83. The number of carbonyl (C=O) groups excluding carboxylic acids is 1. The van der Waals surface area contributed by atoms with Gasteiger partial charge in [-0.15, -0.1) is 0 Å². The van der Waals surface area contributed by atoms with Crippen molar-refractivity contribution in [3.05, 3.63) is 24.8 Å². The zero-order valence-electron chi connectivity index (χ0n) is 5.39. The van der Waals surface area contributed by atoms with Crippen molar-refractivity contribution in [1.82, 2.24) is 0 Å². The van der Waals surface area contributed by atoms with Gasteiger partial charge in [-0.05, 0) is 6.42 Å². The van der Waals surface area contributed by atoms with Crippen molar-refractivity contribution in [2.75, 3.05) is 0 Å². The molecular weight excluding hydrogens is 114 g/mol. The number of allylic oxidation sites excluding steroid dienone is 2. The summed E-state index contributed by atoms with van der Waals surface area (Å²) in [5, 5.41) is 0. The molecule has 0 aliphatic heterocycles. The number of hydrogen-bond donors (Lipinski definition) is 1. The molecule has 0 atom stereocenters. The zero-order chi connectivity index (χ0) is 7.28. The largest absolute Gasteiger partial charge is 0.370 e. The molecule has 0 aromatic heterocycles. The van der Waals surface area contributed by atoms with E-state index in [4.69, 9.17) is 5.73 Å². The molecule has 2 heteroatoms. The summed E-state index contributed by atoms with van der Waals surface area (Å²) in [4.78, 5) is 10.2. The number of hydrogen-bond acceptors (Lipinski definition) is 1. The predicted octanol–water partition coefficient (Wildman–Crippen LogP) is 0.994. The van der Waals surface area contributed by atoms with Crippen molar-refractivity contribution in [3.63, 3.8) is 0 Å². The first-order chi connectivity index (χ1) is 4.16. The molecule has 0 aliphatic rings. The fourth-order valence-corrected chi connectivity index (χ4v) is 0.386. The van der Waals surface area contributed by atoms with Gasteiger partial charge in [0.25, 0.3) is 0 Å². The second-order valence-electron chi connectivity index (χ2n) is 1.83. The van der Waals surface area contributed by atoms with Gasteiger partial charge in [0.1, 0.15) is 0 Å². The number of primary amides is 1. The summed E-state index contributed by atoms with van der Waals surface area (Å²) in [6.45, 7) is 7.11. The van der Waals surface area contributed by atoms with Gasteiger partial charge in [-0.3, -0.25) is 4.79 Å². The van der Waals surface area contributed by atoms with E-state index in [1.54, 1.807) is 6.08 Å². The Morgan fingerprint density at radius 1 is 1.56 bits per heavy atom. The molecule has 1 amide bonds. The minimum atomic E-state index is -0.294. The molecule has 0 spiro atoms. The van der Waals surface area contributed by atoms with Gasteiger partial charge in [0.2, 0.25) is 5.91 Å². The molecule has 9 heavy (non-hydrogen) atoms. The van der Waals surface area contributed by atoms with E-state index < -0.39 is 0 Å². The van der Waals surface area contributed by atoms with Gasteiger partial charge < -0.3 is 5.73 Å². The van der Waals surface area contributed by atoms with Crippen molar-refractivity contribution in [3.8, 4) is 0 Å². The molecule has 2 N–H and O–H groups in total. The second-order valence-corrected chi connectivity index (χ2v) is 1.83. The van der Waals surface area contributed by atoms with Crippen molar-refractivity contribution in [1.29, 1.82) is 0 Å². The van der Waals surface area contributed by atoms with Crippen LogP contribution in [0.25, 0.3) is 0 Å². The van der Waals surface area contributed by atoms with Crippen LogP contribution in [0.1, 0.15) is 12.8 Å². The van der Waals surface area contributed by atoms with Gasteiger partial charge in [0.05, 0.1) is 0 Å². The Morgan fingerprint density at radius 3 is 2.44 bits per heavy atom. The Balaban J connectivity index is 3.39. The highest BCUT2D eigenvalue weighted by Crippen LogP contribution is 2.00. The summed E-state index contributed by atoms with van der Waals surface area (Å²) in [6, 6.07) is 0. The van der Waals surface area contributed by atoms with Crippen LogP contribution in [0, 0.1) is 0 Å². The molecule has 0 saturated carbocycles. The lowest BCUT2D eigenvalue weighted by atomic mass is 10.1. The fourth-order valence-electron chi connectivity index (χ4n) is 0.386. The lowest BCUT2D eigenvalue weighted by molar-refractivity contribution is -0.117. The van der Waals surface area contributed by atoms with Crippen LogP contribution in [0.3, 0.4) is 0 Å². The van der Waals surface area contributed by atoms with E-state index in [-0.39, 0.29) is 5.91 Å². The smallest absolute Gasteiger partial charge is 0.217 e. The van der Waals surface area contributed by atoms with Gasteiger partial charge in [0.15, 0.2) is 0 Å². The highest BCUT2D eigenvalue weighted by atomic mass is 16.1. The summed E-state index contributed by atoms with van der Waals surface area (Å²) in [6.07, 6.45) is 2.62. The lowest BCUT2D eigenvalue weighted by Crippen LogP contribution is -2.09. The van der Waals surface area contributed by atoms with Gasteiger partial charge >= 0.3 is 0 Å². The van der Waals surface area contributed by atoms with Crippen LogP contribution >= 0.6 is 0 Å². The first-order valence-electron chi connectivity index (χ1n) is 2.75. The molecule has 0 aromatic rings. The summed E-state index contributed by atoms with van der Waals surface area (Å²) in [5.74, 6) is -0.294. The number of amides is 1. The fraction of sp³-hybridized carbons (Fsp3) is 0.286. The van der Waals surface area contributed by atoms with E-state index in [0.29, 0.717) is 12.8 Å². The third-order valence-corrected chi connectivity index (χ3v) is 0.981. The van der Waals surface area contributed by atoms with Crippen molar-refractivity contribution in [2.24, 2.45) is 5.73 Å². The Kier molecular flexibility index (Phi) is 3.44. The quantitative estimate of drug-likeness (QED) is 0.559. The predicted molar refractivity (Wildman–Crippen MR) is 37.8 cm³/mol. The molecule has 0 aromatic carbocycles. The SMILES string of the molecule is C=CC(=C)CCC(N)=O. The number of rotatable bonds is 4. The van der Waals surface area contributed by atoms with E-state index in [2.05, 4.69) is 13.2 Å². The molecule has 50 valence electrons. The molecule has 0 aliphatic carbocycles.